The normalized spacial score (nSPS) is 27.9. The highest BCUT2D eigenvalue weighted by atomic mass is 14.3. The molecular weight excluding hydrogens is 276 g/mol. The maximum Gasteiger partial charge on any atom is -0.0165 e. The van der Waals surface area contributed by atoms with Gasteiger partial charge in [0.2, 0.25) is 0 Å². The van der Waals surface area contributed by atoms with Crippen LogP contribution in [0, 0.1) is 17.8 Å². The lowest BCUT2D eigenvalue weighted by molar-refractivity contribution is 0.322. The van der Waals surface area contributed by atoms with Gasteiger partial charge in [-0.2, -0.15) is 0 Å². The van der Waals surface area contributed by atoms with Crippen LogP contribution >= 0.6 is 0 Å². The fraction of sp³-hybridized carbons (Fsp3) is 0.826. The molecule has 0 saturated heterocycles. The second kappa shape index (κ2) is 11.1. The zero-order valence-corrected chi connectivity index (χ0v) is 15.9. The van der Waals surface area contributed by atoms with Gasteiger partial charge in [-0.15, -0.1) is 0 Å². The van der Waals surface area contributed by atoms with Crippen LogP contribution in [0.4, 0.5) is 0 Å². The largest absolute Gasteiger partial charge is 0.0808 e. The Morgan fingerprint density at radius 1 is 0.870 bits per heavy atom. The molecule has 1 atom stereocenters. The quantitative estimate of drug-likeness (QED) is 0.360. The number of hydrogen-bond donors (Lipinski definition) is 0. The van der Waals surface area contributed by atoms with Crippen molar-refractivity contribution in [2.75, 3.05) is 0 Å². The Morgan fingerprint density at radius 3 is 2.13 bits per heavy atom. The summed E-state index contributed by atoms with van der Waals surface area (Å²) in [5.41, 5.74) is 1.67. The Kier molecular flexibility index (Phi) is 9.09. The van der Waals surface area contributed by atoms with E-state index in [0.29, 0.717) is 0 Å². The zero-order chi connectivity index (χ0) is 16.3. The number of hydrogen-bond acceptors (Lipinski definition) is 0. The van der Waals surface area contributed by atoms with Crippen molar-refractivity contribution in [2.24, 2.45) is 17.8 Å². The van der Waals surface area contributed by atoms with Gasteiger partial charge in [-0.3, -0.25) is 0 Å². The molecule has 0 aliphatic heterocycles. The molecule has 0 radical (unpaired) electrons. The summed E-state index contributed by atoms with van der Waals surface area (Å²) in [5.74, 6) is 2.68. The van der Waals surface area contributed by atoms with E-state index >= 15 is 0 Å². The van der Waals surface area contributed by atoms with E-state index in [9.17, 15) is 0 Å². The molecule has 0 amide bonds. The zero-order valence-electron chi connectivity index (χ0n) is 15.9. The van der Waals surface area contributed by atoms with Gasteiger partial charge < -0.3 is 0 Å². The Hall–Kier alpha value is -0.520. The summed E-state index contributed by atoms with van der Waals surface area (Å²) in [5, 5.41) is 0. The Morgan fingerprint density at radius 2 is 1.52 bits per heavy atom. The van der Waals surface area contributed by atoms with Crippen LogP contribution in [-0.2, 0) is 0 Å². The molecule has 132 valence electrons. The predicted molar refractivity (Wildman–Crippen MR) is 104 cm³/mol. The molecule has 1 unspecified atom stereocenters. The lowest BCUT2D eigenvalue weighted by Gasteiger charge is -2.29. The summed E-state index contributed by atoms with van der Waals surface area (Å²) in [6.45, 7) is 4.72. The summed E-state index contributed by atoms with van der Waals surface area (Å²) >= 11 is 0. The van der Waals surface area contributed by atoms with Crippen molar-refractivity contribution in [1.29, 1.82) is 0 Å². The van der Waals surface area contributed by atoms with Gasteiger partial charge in [-0.05, 0) is 49.0 Å². The van der Waals surface area contributed by atoms with Crippen molar-refractivity contribution in [3.63, 3.8) is 0 Å². The first-order valence-corrected chi connectivity index (χ1v) is 10.7. The van der Waals surface area contributed by atoms with Gasteiger partial charge in [0.15, 0.2) is 0 Å². The highest BCUT2D eigenvalue weighted by Gasteiger charge is 2.21. The molecule has 1 fully saturated rings. The summed E-state index contributed by atoms with van der Waals surface area (Å²) in [6, 6.07) is 0. The molecule has 0 heterocycles. The van der Waals surface area contributed by atoms with Gasteiger partial charge in [0.25, 0.3) is 0 Å². The maximum atomic E-state index is 2.58. The van der Waals surface area contributed by atoms with Gasteiger partial charge in [0.05, 0.1) is 0 Å². The Bertz CT molecular complexity index is 354. The van der Waals surface area contributed by atoms with Crippen molar-refractivity contribution in [3.05, 3.63) is 23.8 Å². The maximum absolute atomic E-state index is 2.58. The molecule has 0 spiro atoms. The standard InChI is InChI=1S/C23H40/c1-3-4-5-6-7-8-9-10-11-21-14-18-23(19-15-21)22-16-12-20(2)13-17-22/h14,18-22H,3-13,15-17H2,1-2H3. The van der Waals surface area contributed by atoms with Crippen molar-refractivity contribution in [1.82, 2.24) is 0 Å². The molecule has 2 aliphatic rings. The lowest BCUT2D eigenvalue weighted by atomic mass is 9.77. The van der Waals surface area contributed by atoms with Crippen LogP contribution in [0.2, 0.25) is 0 Å². The smallest absolute Gasteiger partial charge is 0.0165 e. The van der Waals surface area contributed by atoms with Gasteiger partial charge in [-0.25, -0.2) is 0 Å². The lowest BCUT2D eigenvalue weighted by Crippen LogP contribution is -2.15. The van der Waals surface area contributed by atoms with Crippen molar-refractivity contribution in [3.8, 4) is 0 Å². The molecule has 0 aromatic heterocycles. The third kappa shape index (κ3) is 7.27. The van der Waals surface area contributed by atoms with E-state index in [-0.39, 0.29) is 0 Å². The van der Waals surface area contributed by atoms with E-state index in [0.717, 1.165) is 17.8 Å². The monoisotopic (exact) mass is 316 g/mol. The number of allylic oxidation sites excluding steroid dienone is 4. The van der Waals surface area contributed by atoms with Crippen LogP contribution in [-0.4, -0.2) is 0 Å². The van der Waals surface area contributed by atoms with Gasteiger partial charge in [0, 0.05) is 0 Å². The molecule has 0 N–H and O–H groups in total. The van der Waals surface area contributed by atoms with Gasteiger partial charge in [0.1, 0.15) is 0 Å². The van der Waals surface area contributed by atoms with E-state index < -0.39 is 0 Å². The van der Waals surface area contributed by atoms with E-state index in [1.54, 1.807) is 5.57 Å². The molecule has 0 bridgehead atoms. The third-order valence-electron chi connectivity index (χ3n) is 6.13. The van der Waals surface area contributed by atoms with Crippen LogP contribution < -0.4 is 0 Å². The minimum absolute atomic E-state index is 0.835. The highest BCUT2D eigenvalue weighted by Crippen LogP contribution is 2.36. The van der Waals surface area contributed by atoms with E-state index in [2.05, 4.69) is 32.1 Å². The molecule has 0 aromatic rings. The first kappa shape index (κ1) is 18.8. The molecule has 0 heteroatoms. The average molecular weight is 317 g/mol. The third-order valence-corrected chi connectivity index (χ3v) is 6.13. The van der Waals surface area contributed by atoms with Crippen LogP contribution in [0.3, 0.4) is 0 Å². The first-order chi connectivity index (χ1) is 11.3. The summed E-state index contributed by atoms with van der Waals surface area (Å²) < 4.78 is 0. The van der Waals surface area contributed by atoms with E-state index in [4.69, 9.17) is 0 Å². The fourth-order valence-electron chi connectivity index (χ4n) is 4.33. The van der Waals surface area contributed by atoms with Crippen molar-refractivity contribution < 1.29 is 0 Å². The Balaban J connectivity index is 1.52. The van der Waals surface area contributed by atoms with E-state index in [1.165, 1.54) is 89.9 Å². The number of unbranched alkanes of at least 4 members (excludes halogenated alkanes) is 7. The molecule has 2 aliphatic carbocycles. The Labute approximate surface area is 145 Å². The van der Waals surface area contributed by atoms with Crippen molar-refractivity contribution >= 4 is 0 Å². The molecule has 0 nitrogen and oxygen atoms in total. The second-order valence-corrected chi connectivity index (χ2v) is 8.28. The first-order valence-electron chi connectivity index (χ1n) is 10.7. The summed E-state index contributed by atoms with van der Waals surface area (Å²) in [6.07, 6.45) is 27.6. The molecule has 2 rings (SSSR count). The minimum atomic E-state index is 0.835. The SMILES string of the molecule is CCCCCCCCCCC1C=CC(C2CCC(C)CC2)=CC1. The molecule has 1 saturated carbocycles. The summed E-state index contributed by atoms with van der Waals surface area (Å²) in [4.78, 5) is 0. The summed E-state index contributed by atoms with van der Waals surface area (Å²) in [7, 11) is 0. The average Bonchev–Trinajstić information content (AvgIpc) is 2.59. The fourth-order valence-corrected chi connectivity index (χ4v) is 4.33. The predicted octanol–water partition coefficient (Wildman–Crippen LogP) is 7.85. The van der Waals surface area contributed by atoms with Crippen molar-refractivity contribution in [2.45, 2.75) is 104 Å². The van der Waals surface area contributed by atoms with Crippen LogP contribution in [0.25, 0.3) is 0 Å². The highest BCUT2D eigenvalue weighted by molar-refractivity contribution is 5.26. The minimum Gasteiger partial charge on any atom is -0.0808 e. The topological polar surface area (TPSA) is 0 Å². The second-order valence-electron chi connectivity index (χ2n) is 8.28. The van der Waals surface area contributed by atoms with E-state index in [1.807, 2.05) is 0 Å². The molecular formula is C23H40. The molecule has 23 heavy (non-hydrogen) atoms. The van der Waals surface area contributed by atoms with Crippen LogP contribution in [0.1, 0.15) is 104 Å². The van der Waals surface area contributed by atoms with Crippen LogP contribution in [0.15, 0.2) is 23.8 Å². The molecule has 0 aromatic carbocycles. The van der Waals surface area contributed by atoms with Crippen LogP contribution in [0.5, 0.6) is 0 Å². The van der Waals surface area contributed by atoms with Gasteiger partial charge in [-0.1, -0.05) is 96.3 Å². The van der Waals surface area contributed by atoms with Gasteiger partial charge >= 0.3 is 0 Å². The number of rotatable bonds is 10.